The largest absolute Gasteiger partial charge is 0.504 e. The molecule has 0 aliphatic carbocycles. The molecule has 6 heteroatoms. The number of methoxy groups -OCH3 is 1. The molecule has 0 saturated heterocycles. The second kappa shape index (κ2) is 8.01. The van der Waals surface area contributed by atoms with Gasteiger partial charge in [0.1, 0.15) is 0 Å². The van der Waals surface area contributed by atoms with Crippen LogP contribution < -0.4 is 9.54 Å². The summed E-state index contributed by atoms with van der Waals surface area (Å²) < 4.78 is 7.25. The van der Waals surface area contributed by atoms with Crippen LogP contribution in [0.1, 0.15) is 18.1 Å². The average Bonchev–Trinajstić information content (AvgIpc) is 3.06. The number of thiazole rings is 1. The van der Waals surface area contributed by atoms with E-state index >= 15 is 0 Å². The van der Waals surface area contributed by atoms with Crippen LogP contribution in [0.4, 0.5) is 0 Å². The molecule has 0 amide bonds. The molecule has 0 bridgehead atoms. The Kier molecular flexibility index (Phi) is 5.53. The summed E-state index contributed by atoms with van der Waals surface area (Å²) in [4.78, 5) is 0.838. The standard InChI is InChI=1S/C20H21N3O2S/c1-4-23-17(16-8-5-14(2)6-9-16)13-26-20(23)22-21-12-15-7-10-18(24)19(11-15)25-3/h5-13,24H,4H2,1-3H3. The first kappa shape index (κ1) is 17.9. The first-order valence-electron chi connectivity index (χ1n) is 8.31. The summed E-state index contributed by atoms with van der Waals surface area (Å²) in [6.07, 6.45) is 1.65. The molecule has 26 heavy (non-hydrogen) atoms. The van der Waals surface area contributed by atoms with Gasteiger partial charge in [-0.15, -0.1) is 16.4 Å². The van der Waals surface area contributed by atoms with Crippen LogP contribution >= 0.6 is 11.3 Å². The van der Waals surface area contributed by atoms with Gasteiger partial charge >= 0.3 is 0 Å². The Balaban J connectivity index is 1.91. The monoisotopic (exact) mass is 367 g/mol. The summed E-state index contributed by atoms with van der Waals surface area (Å²) in [7, 11) is 1.52. The second-order valence-electron chi connectivity index (χ2n) is 5.79. The molecule has 5 nitrogen and oxygen atoms in total. The number of hydrogen-bond donors (Lipinski definition) is 1. The van der Waals surface area contributed by atoms with Crippen LogP contribution in [0.5, 0.6) is 11.5 Å². The molecule has 0 unspecified atom stereocenters. The van der Waals surface area contributed by atoms with Gasteiger partial charge in [0.2, 0.25) is 4.80 Å². The predicted molar refractivity (Wildman–Crippen MR) is 106 cm³/mol. The minimum absolute atomic E-state index is 0.103. The molecular formula is C20H21N3O2S. The van der Waals surface area contributed by atoms with Gasteiger partial charge in [0.05, 0.1) is 19.0 Å². The van der Waals surface area contributed by atoms with Crippen molar-refractivity contribution in [3.05, 3.63) is 63.8 Å². The summed E-state index contributed by atoms with van der Waals surface area (Å²) in [6.45, 7) is 4.99. The predicted octanol–water partition coefficient (Wildman–Crippen LogP) is 4.19. The van der Waals surface area contributed by atoms with E-state index in [9.17, 15) is 5.11 Å². The maximum absolute atomic E-state index is 9.64. The van der Waals surface area contributed by atoms with E-state index in [2.05, 4.69) is 58.3 Å². The van der Waals surface area contributed by atoms with E-state index in [1.807, 2.05) is 0 Å². The van der Waals surface area contributed by atoms with Gasteiger partial charge < -0.3 is 14.4 Å². The van der Waals surface area contributed by atoms with E-state index in [1.165, 1.54) is 18.2 Å². The number of aryl methyl sites for hydroxylation is 1. The first-order valence-corrected chi connectivity index (χ1v) is 9.19. The van der Waals surface area contributed by atoms with Crippen LogP contribution in [0.2, 0.25) is 0 Å². The van der Waals surface area contributed by atoms with Crippen LogP contribution in [0.25, 0.3) is 11.3 Å². The Morgan fingerprint density at radius 2 is 1.96 bits per heavy atom. The lowest BCUT2D eigenvalue weighted by Crippen LogP contribution is -2.14. The minimum Gasteiger partial charge on any atom is -0.504 e. The van der Waals surface area contributed by atoms with Gasteiger partial charge in [-0.3, -0.25) is 0 Å². The van der Waals surface area contributed by atoms with Crippen molar-refractivity contribution in [1.29, 1.82) is 0 Å². The van der Waals surface area contributed by atoms with Crippen molar-refractivity contribution in [1.82, 2.24) is 4.57 Å². The molecule has 0 aliphatic rings. The lowest BCUT2D eigenvalue weighted by molar-refractivity contribution is 0.373. The van der Waals surface area contributed by atoms with E-state index in [0.29, 0.717) is 5.75 Å². The number of ether oxygens (including phenoxy) is 1. The number of hydrogen-bond acceptors (Lipinski definition) is 5. The molecule has 1 aromatic heterocycles. The molecule has 3 aromatic rings. The van der Waals surface area contributed by atoms with Gasteiger partial charge in [-0.05, 0) is 43.2 Å². The highest BCUT2D eigenvalue weighted by atomic mass is 32.1. The third kappa shape index (κ3) is 3.86. The van der Waals surface area contributed by atoms with Crippen molar-refractivity contribution < 1.29 is 9.84 Å². The number of phenolic OH excluding ortho intramolecular Hbond substituents is 1. The molecule has 134 valence electrons. The van der Waals surface area contributed by atoms with E-state index in [0.717, 1.165) is 22.6 Å². The Bertz CT molecular complexity index is 985. The summed E-state index contributed by atoms with van der Waals surface area (Å²) in [5.41, 5.74) is 4.35. The highest BCUT2D eigenvalue weighted by Gasteiger charge is 2.06. The SMILES string of the molecule is CCn1c(-c2ccc(C)cc2)csc1=NN=Cc1ccc(O)c(OC)c1. The fraction of sp³-hybridized carbons (Fsp3) is 0.200. The highest BCUT2D eigenvalue weighted by molar-refractivity contribution is 7.07. The molecule has 0 radical (unpaired) electrons. The first-order chi connectivity index (χ1) is 12.6. The molecule has 0 atom stereocenters. The molecule has 0 fully saturated rings. The zero-order valence-electron chi connectivity index (χ0n) is 15.0. The molecule has 0 aliphatic heterocycles. The number of benzene rings is 2. The Morgan fingerprint density at radius 1 is 1.19 bits per heavy atom. The second-order valence-corrected chi connectivity index (χ2v) is 6.63. The van der Waals surface area contributed by atoms with Gasteiger partial charge in [0.15, 0.2) is 11.5 Å². The summed E-state index contributed by atoms with van der Waals surface area (Å²) in [6, 6.07) is 13.5. The van der Waals surface area contributed by atoms with Crippen molar-refractivity contribution in [2.24, 2.45) is 10.2 Å². The van der Waals surface area contributed by atoms with Crippen molar-refractivity contribution >= 4 is 17.6 Å². The topological polar surface area (TPSA) is 59.1 Å². The van der Waals surface area contributed by atoms with Crippen LogP contribution in [-0.2, 0) is 6.54 Å². The zero-order valence-corrected chi connectivity index (χ0v) is 15.8. The van der Waals surface area contributed by atoms with Crippen molar-refractivity contribution in [2.75, 3.05) is 7.11 Å². The van der Waals surface area contributed by atoms with Gasteiger partial charge in [-0.1, -0.05) is 29.8 Å². The average molecular weight is 367 g/mol. The molecule has 0 saturated carbocycles. The lowest BCUT2D eigenvalue weighted by atomic mass is 10.1. The molecule has 3 rings (SSSR count). The van der Waals surface area contributed by atoms with E-state index in [-0.39, 0.29) is 5.75 Å². The van der Waals surface area contributed by atoms with Gasteiger partial charge in [0, 0.05) is 11.9 Å². The summed E-state index contributed by atoms with van der Waals surface area (Å²) in [5.74, 6) is 0.516. The van der Waals surface area contributed by atoms with E-state index < -0.39 is 0 Å². The minimum atomic E-state index is 0.103. The number of rotatable bonds is 5. The molecule has 2 aromatic carbocycles. The van der Waals surface area contributed by atoms with Crippen molar-refractivity contribution in [3.63, 3.8) is 0 Å². The molecule has 1 N–H and O–H groups in total. The molecular weight excluding hydrogens is 346 g/mol. The van der Waals surface area contributed by atoms with E-state index in [4.69, 9.17) is 4.74 Å². The normalized spacial score (nSPS) is 12.0. The van der Waals surface area contributed by atoms with Gasteiger partial charge in [0.25, 0.3) is 0 Å². The number of nitrogens with zero attached hydrogens (tertiary/aromatic N) is 3. The number of aromatic hydroxyl groups is 1. The number of aromatic nitrogens is 1. The molecule has 1 heterocycles. The van der Waals surface area contributed by atoms with Crippen LogP contribution in [0, 0.1) is 6.92 Å². The smallest absolute Gasteiger partial charge is 0.211 e. The van der Waals surface area contributed by atoms with Crippen LogP contribution in [0.3, 0.4) is 0 Å². The van der Waals surface area contributed by atoms with E-state index in [1.54, 1.807) is 35.8 Å². The Morgan fingerprint density at radius 3 is 2.65 bits per heavy atom. The third-order valence-corrected chi connectivity index (χ3v) is 4.87. The third-order valence-electron chi connectivity index (χ3n) is 4.02. The summed E-state index contributed by atoms with van der Waals surface area (Å²) in [5, 5.41) is 20.3. The Hall–Kier alpha value is -2.86. The molecule has 0 spiro atoms. The highest BCUT2D eigenvalue weighted by Crippen LogP contribution is 2.25. The van der Waals surface area contributed by atoms with Crippen LogP contribution in [0.15, 0.2) is 58.0 Å². The van der Waals surface area contributed by atoms with Gasteiger partial charge in [-0.2, -0.15) is 5.10 Å². The maximum atomic E-state index is 9.64. The lowest BCUT2D eigenvalue weighted by Gasteiger charge is -2.06. The quantitative estimate of drug-likeness (QED) is 0.543. The van der Waals surface area contributed by atoms with Gasteiger partial charge in [-0.25, -0.2) is 0 Å². The van der Waals surface area contributed by atoms with Crippen molar-refractivity contribution in [2.45, 2.75) is 20.4 Å². The fourth-order valence-electron chi connectivity index (χ4n) is 2.59. The Labute approximate surface area is 156 Å². The zero-order chi connectivity index (χ0) is 18.5. The summed E-state index contributed by atoms with van der Waals surface area (Å²) >= 11 is 1.56. The maximum Gasteiger partial charge on any atom is 0.211 e. The fourth-order valence-corrected chi connectivity index (χ4v) is 3.52. The van der Waals surface area contributed by atoms with Crippen LogP contribution in [-0.4, -0.2) is 23.0 Å². The van der Waals surface area contributed by atoms with Crippen molar-refractivity contribution in [3.8, 4) is 22.8 Å². The number of phenols is 1.